The molecule has 0 aromatic rings. The molecule has 1 aliphatic carbocycles. The SMILES string of the molecule is CC(C)N(CC(=O)O)S(=O)(=O)C1CCCCC1. The van der Waals surface area contributed by atoms with E-state index in [-0.39, 0.29) is 6.04 Å². The molecule has 0 heterocycles. The van der Waals surface area contributed by atoms with Crippen LogP contribution in [0.2, 0.25) is 0 Å². The van der Waals surface area contributed by atoms with Crippen molar-refractivity contribution in [2.45, 2.75) is 57.2 Å². The molecular weight excluding hydrogens is 242 g/mol. The van der Waals surface area contributed by atoms with E-state index in [1.165, 1.54) is 0 Å². The van der Waals surface area contributed by atoms with Crippen LogP contribution >= 0.6 is 0 Å². The van der Waals surface area contributed by atoms with E-state index in [0.717, 1.165) is 23.6 Å². The van der Waals surface area contributed by atoms with Gasteiger partial charge in [-0.15, -0.1) is 0 Å². The first kappa shape index (κ1) is 14.4. The Morgan fingerprint density at radius 3 is 2.24 bits per heavy atom. The fourth-order valence-electron chi connectivity index (χ4n) is 2.25. The lowest BCUT2D eigenvalue weighted by Gasteiger charge is -2.31. The molecule has 1 fully saturated rings. The number of aliphatic carboxylic acids is 1. The van der Waals surface area contributed by atoms with E-state index in [1.54, 1.807) is 13.8 Å². The summed E-state index contributed by atoms with van der Waals surface area (Å²) in [6.07, 6.45) is 4.23. The van der Waals surface area contributed by atoms with E-state index in [1.807, 2.05) is 0 Å². The van der Waals surface area contributed by atoms with E-state index < -0.39 is 27.8 Å². The second-order valence-electron chi connectivity index (χ2n) is 4.84. The Morgan fingerprint density at radius 1 is 1.29 bits per heavy atom. The lowest BCUT2D eigenvalue weighted by molar-refractivity contribution is -0.137. The minimum atomic E-state index is -3.47. The standard InChI is InChI=1S/C11H21NO4S/c1-9(2)12(8-11(13)14)17(15,16)10-6-4-3-5-7-10/h9-10H,3-8H2,1-2H3,(H,13,14). The van der Waals surface area contributed by atoms with Crippen LogP contribution in [0.3, 0.4) is 0 Å². The second-order valence-corrected chi connectivity index (χ2v) is 7.00. The molecule has 1 saturated carbocycles. The molecule has 1 aliphatic rings. The predicted octanol–water partition coefficient (Wildman–Crippen LogP) is 1.44. The van der Waals surface area contributed by atoms with Gasteiger partial charge < -0.3 is 5.11 Å². The first-order chi connectivity index (χ1) is 7.85. The van der Waals surface area contributed by atoms with Gasteiger partial charge in [0.25, 0.3) is 0 Å². The first-order valence-corrected chi connectivity index (χ1v) is 7.58. The zero-order chi connectivity index (χ0) is 13.1. The van der Waals surface area contributed by atoms with Gasteiger partial charge in [-0.05, 0) is 26.7 Å². The average Bonchev–Trinajstić information content (AvgIpc) is 2.26. The smallest absolute Gasteiger partial charge is 0.318 e. The Morgan fingerprint density at radius 2 is 1.82 bits per heavy atom. The quantitative estimate of drug-likeness (QED) is 0.814. The number of nitrogens with zero attached hydrogens (tertiary/aromatic N) is 1. The van der Waals surface area contributed by atoms with Gasteiger partial charge >= 0.3 is 5.97 Å². The summed E-state index contributed by atoms with van der Waals surface area (Å²) in [7, 11) is -3.47. The van der Waals surface area contributed by atoms with Crippen molar-refractivity contribution in [1.82, 2.24) is 4.31 Å². The van der Waals surface area contributed by atoms with Crippen LogP contribution in [-0.4, -0.2) is 41.6 Å². The van der Waals surface area contributed by atoms with E-state index in [0.29, 0.717) is 12.8 Å². The van der Waals surface area contributed by atoms with Gasteiger partial charge in [0, 0.05) is 6.04 Å². The molecule has 100 valence electrons. The number of hydrogen-bond acceptors (Lipinski definition) is 3. The molecule has 0 radical (unpaired) electrons. The monoisotopic (exact) mass is 263 g/mol. The summed E-state index contributed by atoms with van der Waals surface area (Å²) in [4.78, 5) is 10.7. The number of sulfonamides is 1. The molecule has 0 saturated heterocycles. The van der Waals surface area contributed by atoms with E-state index in [9.17, 15) is 13.2 Å². The van der Waals surface area contributed by atoms with Crippen molar-refractivity contribution in [2.24, 2.45) is 0 Å². The molecule has 0 aliphatic heterocycles. The van der Waals surface area contributed by atoms with E-state index in [4.69, 9.17) is 5.11 Å². The van der Waals surface area contributed by atoms with Gasteiger partial charge in [0.1, 0.15) is 6.54 Å². The van der Waals surface area contributed by atoms with Crippen molar-refractivity contribution in [1.29, 1.82) is 0 Å². The molecule has 0 spiro atoms. The van der Waals surface area contributed by atoms with Gasteiger partial charge in [-0.1, -0.05) is 19.3 Å². The van der Waals surface area contributed by atoms with Gasteiger partial charge in [-0.2, -0.15) is 4.31 Å². The Kier molecular flexibility index (Phi) is 4.94. The molecular formula is C11H21NO4S. The molecule has 0 unspecified atom stereocenters. The summed E-state index contributed by atoms with van der Waals surface area (Å²) in [6, 6.07) is -0.307. The molecule has 1 rings (SSSR count). The third kappa shape index (κ3) is 3.67. The summed E-state index contributed by atoms with van der Waals surface area (Å²) in [5.41, 5.74) is 0. The maximum absolute atomic E-state index is 12.3. The maximum Gasteiger partial charge on any atom is 0.318 e. The normalized spacial score (nSPS) is 18.8. The topological polar surface area (TPSA) is 74.7 Å². The Balaban J connectivity index is 2.86. The van der Waals surface area contributed by atoms with Crippen LogP contribution < -0.4 is 0 Å². The Bertz CT molecular complexity index is 358. The number of carbonyl (C=O) groups is 1. The van der Waals surface area contributed by atoms with Crippen molar-refractivity contribution >= 4 is 16.0 Å². The Hall–Kier alpha value is -0.620. The van der Waals surface area contributed by atoms with Crippen molar-refractivity contribution in [3.63, 3.8) is 0 Å². The van der Waals surface area contributed by atoms with Crippen molar-refractivity contribution < 1.29 is 18.3 Å². The average molecular weight is 263 g/mol. The molecule has 17 heavy (non-hydrogen) atoms. The maximum atomic E-state index is 12.3. The van der Waals surface area contributed by atoms with E-state index >= 15 is 0 Å². The summed E-state index contributed by atoms with van der Waals surface area (Å²) in [6.45, 7) is 2.99. The zero-order valence-corrected chi connectivity index (χ0v) is 11.2. The molecule has 0 bridgehead atoms. The third-order valence-corrected chi connectivity index (χ3v) is 5.69. The molecule has 0 atom stereocenters. The third-order valence-electron chi connectivity index (χ3n) is 3.17. The minimum Gasteiger partial charge on any atom is -0.480 e. The van der Waals surface area contributed by atoms with Crippen molar-refractivity contribution in [3.8, 4) is 0 Å². The lowest BCUT2D eigenvalue weighted by Crippen LogP contribution is -2.46. The van der Waals surface area contributed by atoms with Gasteiger partial charge in [0.05, 0.1) is 5.25 Å². The second kappa shape index (κ2) is 5.82. The Labute approximate surface area is 103 Å². The molecule has 6 heteroatoms. The molecule has 0 aromatic heterocycles. The predicted molar refractivity (Wildman–Crippen MR) is 65.3 cm³/mol. The van der Waals surface area contributed by atoms with Gasteiger partial charge in [-0.3, -0.25) is 4.79 Å². The zero-order valence-electron chi connectivity index (χ0n) is 10.4. The highest BCUT2D eigenvalue weighted by molar-refractivity contribution is 7.89. The van der Waals surface area contributed by atoms with Crippen molar-refractivity contribution in [3.05, 3.63) is 0 Å². The molecule has 1 N–H and O–H groups in total. The molecule has 0 amide bonds. The summed E-state index contributed by atoms with van der Waals surface area (Å²) in [5.74, 6) is -1.10. The largest absolute Gasteiger partial charge is 0.480 e. The fraction of sp³-hybridized carbons (Fsp3) is 0.909. The summed E-state index contributed by atoms with van der Waals surface area (Å²) < 4.78 is 25.8. The van der Waals surface area contributed by atoms with Gasteiger partial charge in [0.15, 0.2) is 0 Å². The van der Waals surface area contributed by atoms with Crippen LogP contribution in [0.5, 0.6) is 0 Å². The van der Waals surface area contributed by atoms with Crippen molar-refractivity contribution in [2.75, 3.05) is 6.54 Å². The highest BCUT2D eigenvalue weighted by Gasteiger charge is 2.35. The van der Waals surface area contributed by atoms with Crippen LogP contribution in [0.1, 0.15) is 46.0 Å². The van der Waals surface area contributed by atoms with Crippen LogP contribution in [0.15, 0.2) is 0 Å². The molecule has 5 nitrogen and oxygen atoms in total. The van der Waals surface area contributed by atoms with Crippen LogP contribution in [0.4, 0.5) is 0 Å². The van der Waals surface area contributed by atoms with Gasteiger partial charge in [-0.25, -0.2) is 8.42 Å². The summed E-state index contributed by atoms with van der Waals surface area (Å²) in [5, 5.41) is 8.40. The highest BCUT2D eigenvalue weighted by atomic mass is 32.2. The van der Waals surface area contributed by atoms with E-state index in [2.05, 4.69) is 0 Å². The lowest BCUT2D eigenvalue weighted by atomic mass is 10.0. The van der Waals surface area contributed by atoms with Crippen LogP contribution in [0.25, 0.3) is 0 Å². The first-order valence-electron chi connectivity index (χ1n) is 6.08. The number of rotatable bonds is 5. The minimum absolute atomic E-state index is 0.307. The van der Waals surface area contributed by atoms with Gasteiger partial charge in [0.2, 0.25) is 10.0 Å². The van der Waals surface area contributed by atoms with Crippen LogP contribution in [0, 0.1) is 0 Å². The highest BCUT2D eigenvalue weighted by Crippen LogP contribution is 2.26. The number of carboxylic acid groups (broad SMARTS) is 1. The fourth-order valence-corrected chi connectivity index (χ4v) is 4.44. The number of carboxylic acids is 1. The van der Waals surface area contributed by atoms with Crippen LogP contribution in [-0.2, 0) is 14.8 Å². The molecule has 0 aromatic carbocycles. The number of hydrogen-bond donors (Lipinski definition) is 1. The summed E-state index contributed by atoms with van der Waals surface area (Å²) >= 11 is 0.